The van der Waals surface area contributed by atoms with Gasteiger partial charge in [0.1, 0.15) is 11.9 Å². The third-order valence-corrected chi connectivity index (χ3v) is 4.50. The molecule has 9 heteroatoms. The monoisotopic (exact) mass is 384 g/mol. The van der Waals surface area contributed by atoms with Crippen molar-refractivity contribution in [3.8, 4) is 0 Å². The summed E-state index contributed by atoms with van der Waals surface area (Å²) in [6, 6.07) is 5.97. The molecule has 1 atom stereocenters. The van der Waals surface area contributed by atoms with Crippen LogP contribution in [0.4, 0.5) is 10.2 Å². The molecule has 1 fully saturated rings. The van der Waals surface area contributed by atoms with E-state index in [-0.39, 0.29) is 16.6 Å². The van der Waals surface area contributed by atoms with Crippen LogP contribution in [0.3, 0.4) is 0 Å². The number of halogens is 3. The van der Waals surface area contributed by atoms with E-state index < -0.39 is 11.9 Å². The van der Waals surface area contributed by atoms with Crippen molar-refractivity contribution in [1.82, 2.24) is 15.5 Å². The van der Waals surface area contributed by atoms with Crippen molar-refractivity contribution in [3.05, 3.63) is 51.4 Å². The number of anilines is 1. The van der Waals surface area contributed by atoms with E-state index in [1.807, 2.05) is 4.90 Å². The zero-order valence-electron chi connectivity index (χ0n) is 13.3. The standard InChI is InChI=1S/C16H15Cl2FN4O2/c1-20-16(24)13-2-3-15(22-21-13)23-4-5-25-14(8-23)9-6-12(19)11(18)7-10(9)17/h2-3,6-7,14H,4-5,8H2,1H3,(H,20,24). The van der Waals surface area contributed by atoms with Crippen LogP contribution in [-0.4, -0.2) is 42.8 Å². The second-order valence-electron chi connectivity index (χ2n) is 5.45. The highest BCUT2D eigenvalue weighted by Crippen LogP contribution is 2.33. The average molecular weight is 385 g/mol. The number of morpholine rings is 1. The molecule has 0 spiro atoms. The summed E-state index contributed by atoms with van der Waals surface area (Å²) in [4.78, 5) is 13.5. The van der Waals surface area contributed by atoms with Crippen LogP contribution in [-0.2, 0) is 4.74 Å². The van der Waals surface area contributed by atoms with Crippen LogP contribution < -0.4 is 10.2 Å². The van der Waals surface area contributed by atoms with Crippen LogP contribution in [0.2, 0.25) is 10.0 Å². The summed E-state index contributed by atoms with van der Waals surface area (Å²) in [5.74, 6) is -0.245. The van der Waals surface area contributed by atoms with Crippen molar-refractivity contribution in [3.63, 3.8) is 0 Å². The van der Waals surface area contributed by atoms with Crippen molar-refractivity contribution in [2.45, 2.75) is 6.10 Å². The van der Waals surface area contributed by atoms with E-state index in [1.54, 1.807) is 12.1 Å². The minimum Gasteiger partial charge on any atom is -0.370 e. The molecular weight excluding hydrogens is 370 g/mol. The Morgan fingerprint density at radius 1 is 1.32 bits per heavy atom. The summed E-state index contributed by atoms with van der Waals surface area (Å²) in [5.41, 5.74) is 0.766. The van der Waals surface area contributed by atoms with Gasteiger partial charge in [-0.25, -0.2) is 4.39 Å². The van der Waals surface area contributed by atoms with Crippen molar-refractivity contribution >= 4 is 34.9 Å². The van der Waals surface area contributed by atoms with Crippen LogP contribution in [0, 0.1) is 5.82 Å². The third kappa shape index (κ3) is 3.84. The number of rotatable bonds is 3. The lowest BCUT2D eigenvalue weighted by molar-refractivity contribution is 0.0393. The number of carbonyl (C=O) groups is 1. The number of hydrogen-bond donors (Lipinski definition) is 1. The van der Waals surface area contributed by atoms with Gasteiger partial charge in [0.15, 0.2) is 11.5 Å². The molecule has 1 unspecified atom stereocenters. The fourth-order valence-corrected chi connectivity index (χ4v) is 3.08. The lowest BCUT2D eigenvalue weighted by atomic mass is 10.1. The van der Waals surface area contributed by atoms with Gasteiger partial charge in [-0.15, -0.1) is 10.2 Å². The molecule has 1 aromatic heterocycles. The number of nitrogens with zero attached hydrogens (tertiary/aromatic N) is 3. The zero-order valence-corrected chi connectivity index (χ0v) is 14.8. The van der Waals surface area contributed by atoms with Crippen molar-refractivity contribution in [2.24, 2.45) is 0 Å². The molecule has 0 radical (unpaired) electrons. The molecule has 0 saturated carbocycles. The Bertz CT molecular complexity index is 788. The van der Waals surface area contributed by atoms with Crippen molar-refractivity contribution < 1.29 is 13.9 Å². The molecular formula is C16H15Cl2FN4O2. The summed E-state index contributed by atoms with van der Waals surface area (Å²) in [7, 11) is 1.53. The fraction of sp³-hybridized carbons (Fsp3) is 0.312. The van der Waals surface area contributed by atoms with Gasteiger partial charge in [0.05, 0.1) is 11.6 Å². The first kappa shape index (κ1) is 17.8. The van der Waals surface area contributed by atoms with E-state index in [9.17, 15) is 9.18 Å². The van der Waals surface area contributed by atoms with Gasteiger partial charge in [0.2, 0.25) is 0 Å². The van der Waals surface area contributed by atoms with E-state index in [1.165, 1.54) is 19.2 Å². The Balaban J connectivity index is 1.79. The molecule has 1 saturated heterocycles. The van der Waals surface area contributed by atoms with E-state index in [2.05, 4.69) is 15.5 Å². The number of carbonyl (C=O) groups excluding carboxylic acids is 1. The van der Waals surface area contributed by atoms with E-state index in [4.69, 9.17) is 27.9 Å². The number of amides is 1. The lowest BCUT2D eigenvalue weighted by Gasteiger charge is -2.34. The molecule has 1 aliphatic rings. The summed E-state index contributed by atoms with van der Waals surface area (Å²) in [6.45, 7) is 1.44. The maximum Gasteiger partial charge on any atom is 0.271 e. The number of hydrogen-bond acceptors (Lipinski definition) is 5. The van der Waals surface area contributed by atoms with Crippen LogP contribution in [0.25, 0.3) is 0 Å². The number of ether oxygens (including phenoxy) is 1. The third-order valence-electron chi connectivity index (χ3n) is 3.89. The zero-order chi connectivity index (χ0) is 18.0. The highest BCUT2D eigenvalue weighted by molar-refractivity contribution is 6.35. The smallest absolute Gasteiger partial charge is 0.271 e. The first-order valence-corrected chi connectivity index (χ1v) is 8.32. The van der Waals surface area contributed by atoms with Crippen LogP contribution in [0.15, 0.2) is 24.3 Å². The molecule has 3 rings (SSSR count). The molecule has 25 heavy (non-hydrogen) atoms. The van der Waals surface area contributed by atoms with E-state index >= 15 is 0 Å². The summed E-state index contributed by atoms with van der Waals surface area (Å²) >= 11 is 11.9. The summed E-state index contributed by atoms with van der Waals surface area (Å²) in [5, 5.41) is 10.8. The van der Waals surface area contributed by atoms with Gasteiger partial charge in [-0.05, 0) is 24.3 Å². The molecule has 0 aliphatic carbocycles. The molecule has 1 aliphatic heterocycles. The van der Waals surface area contributed by atoms with Gasteiger partial charge < -0.3 is 15.0 Å². The molecule has 1 N–H and O–H groups in total. The van der Waals surface area contributed by atoms with Gasteiger partial charge in [0.25, 0.3) is 5.91 Å². The van der Waals surface area contributed by atoms with Crippen LogP contribution in [0.5, 0.6) is 0 Å². The minimum absolute atomic E-state index is 0.0305. The molecule has 2 aromatic rings. The predicted molar refractivity (Wildman–Crippen MR) is 92.7 cm³/mol. The quantitative estimate of drug-likeness (QED) is 0.824. The average Bonchev–Trinajstić information content (AvgIpc) is 2.64. The Kier molecular flexibility index (Phi) is 5.36. The second-order valence-corrected chi connectivity index (χ2v) is 6.26. The topological polar surface area (TPSA) is 67.4 Å². The van der Waals surface area contributed by atoms with Gasteiger partial charge in [-0.3, -0.25) is 4.79 Å². The Morgan fingerprint density at radius 3 is 2.80 bits per heavy atom. The Labute approximate surface area is 153 Å². The van der Waals surface area contributed by atoms with Gasteiger partial charge in [0, 0.05) is 30.7 Å². The van der Waals surface area contributed by atoms with Crippen LogP contribution in [0.1, 0.15) is 22.2 Å². The minimum atomic E-state index is -0.545. The molecule has 1 aromatic carbocycles. The number of benzene rings is 1. The summed E-state index contributed by atoms with van der Waals surface area (Å²) in [6.07, 6.45) is -0.423. The van der Waals surface area contributed by atoms with E-state index in [0.717, 1.165) is 0 Å². The predicted octanol–water partition coefficient (Wildman–Crippen LogP) is 2.86. The van der Waals surface area contributed by atoms with Gasteiger partial charge in [-0.2, -0.15) is 0 Å². The molecule has 2 heterocycles. The first-order chi connectivity index (χ1) is 12.0. The molecule has 6 nitrogen and oxygen atoms in total. The highest BCUT2D eigenvalue weighted by atomic mass is 35.5. The summed E-state index contributed by atoms with van der Waals surface area (Å²) < 4.78 is 19.5. The molecule has 0 bridgehead atoms. The number of aromatic nitrogens is 2. The Morgan fingerprint density at radius 2 is 2.12 bits per heavy atom. The largest absolute Gasteiger partial charge is 0.370 e. The second kappa shape index (κ2) is 7.51. The van der Waals surface area contributed by atoms with Gasteiger partial charge in [-0.1, -0.05) is 23.2 Å². The fourth-order valence-electron chi connectivity index (χ4n) is 2.57. The highest BCUT2D eigenvalue weighted by Gasteiger charge is 2.26. The maximum atomic E-state index is 13.8. The normalized spacial score (nSPS) is 17.4. The lowest BCUT2D eigenvalue weighted by Crippen LogP contribution is -2.39. The van der Waals surface area contributed by atoms with Crippen molar-refractivity contribution in [2.75, 3.05) is 31.6 Å². The Hall–Kier alpha value is -1.96. The van der Waals surface area contributed by atoms with E-state index in [0.29, 0.717) is 36.1 Å². The molecule has 132 valence electrons. The SMILES string of the molecule is CNC(=O)c1ccc(N2CCOC(c3cc(F)c(Cl)cc3Cl)C2)nn1. The first-order valence-electron chi connectivity index (χ1n) is 7.56. The number of nitrogens with one attached hydrogen (secondary N) is 1. The van der Waals surface area contributed by atoms with Crippen LogP contribution >= 0.6 is 23.2 Å². The van der Waals surface area contributed by atoms with Crippen molar-refractivity contribution in [1.29, 1.82) is 0 Å². The molecule has 1 amide bonds. The van der Waals surface area contributed by atoms with Gasteiger partial charge >= 0.3 is 0 Å². The maximum absolute atomic E-state index is 13.8.